The minimum Gasteiger partial charge on any atom is -0.478 e. The van der Waals surface area contributed by atoms with Crippen LogP contribution < -0.4 is 10.3 Å². The Bertz CT molecular complexity index is 1340. The van der Waals surface area contributed by atoms with Crippen LogP contribution in [0.25, 0.3) is 11.8 Å². The lowest BCUT2D eigenvalue weighted by molar-refractivity contribution is -0.130. The number of aromatic amines is 1. The van der Waals surface area contributed by atoms with Crippen molar-refractivity contribution in [3.8, 4) is 11.4 Å². The van der Waals surface area contributed by atoms with Crippen molar-refractivity contribution in [1.29, 1.82) is 0 Å². The third kappa shape index (κ3) is 3.62. The second-order valence-corrected chi connectivity index (χ2v) is 6.80. The molecule has 154 valence electrons. The number of hydrogen-bond donors (Lipinski definition) is 2. The lowest BCUT2D eigenvalue weighted by Crippen LogP contribution is -2.24. The zero-order chi connectivity index (χ0) is 22.1. The molecule has 0 bridgehead atoms. The molecule has 8 heteroatoms. The first kappa shape index (κ1) is 19.8. The molecule has 1 aliphatic rings. The highest BCUT2D eigenvalue weighted by atomic mass is 16.5. The number of Topliss-reactive ketones (excluding diaryl/α,β-unsaturated/α-hetero) is 1. The normalized spacial score (nSPS) is 14.7. The van der Waals surface area contributed by atoms with Crippen LogP contribution in [0, 0.1) is 6.92 Å². The summed E-state index contributed by atoms with van der Waals surface area (Å²) in [5.74, 6) is -2.04. The van der Waals surface area contributed by atoms with Crippen LogP contribution in [0.3, 0.4) is 0 Å². The molecule has 0 fully saturated rings. The third-order valence-electron chi connectivity index (χ3n) is 4.81. The minimum absolute atomic E-state index is 0.109. The van der Waals surface area contributed by atoms with E-state index in [2.05, 4.69) is 5.10 Å². The summed E-state index contributed by atoms with van der Waals surface area (Å²) in [4.78, 5) is 48.5. The summed E-state index contributed by atoms with van der Waals surface area (Å²) in [6.07, 6.45) is 4.25. The number of carboxylic acids is 1. The summed E-state index contributed by atoms with van der Waals surface area (Å²) < 4.78 is 6.46. The van der Waals surface area contributed by atoms with Crippen LogP contribution in [0.5, 0.6) is 5.75 Å². The molecule has 2 N–H and O–H groups in total. The van der Waals surface area contributed by atoms with Gasteiger partial charge in [-0.15, -0.1) is 0 Å². The van der Waals surface area contributed by atoms with Crippen molar-refractivity contribution in [1.82, 2.24) is 9.78 Å². The Hall–Kier alpha value is -4.46. The van der Waals surface area contributed by atoms with E-state index >= 15 is 0 Å². The minimum atomic E-state index is -1.06. The molecule has 0 radical (unpaired) electrons. The number of esters is 1. The standard InChI is InChI=1S/C23H16N2O6/c1-13-16(21(27)25(24-13)15-11-9-14(10-12-15)22(28)29)6-4-7-18-20(26)17-5-2-3-8-19(17)31-23(18)30/h2-12,24H,1H3,(H,28,29)/b6-4?,18-7-. The molecule has 2 aromatic carbocycles. The van der Waals surface area contributed by atoms with Crippen LogP contribution in [0.1, 0.15) is 32.0 Å². The number of fused-ring (bicyclic) bond motifs is 1. The molecule has 1 aromatic heterocycles. The van der Waals surface area contributed by atoms with E-state index in [1.165, 1.54) is 47.2 Å². The Morgan fingerprint density at radius 3 is 2.48 bits per heavy atom. The van der Waals surface area contributed by atoms with Crippen molar-refractivity contribution in [2.24, 2.45) is 0 Å². The smallest absolute Gasteiger partial charge is 0.347 e. The first-order valence-electron chi connectivity index (χ1n) is 9.26. The summed E-state index contributed by atoms with van der Waals surface area (Å²) in [6.45, 7) is 1.70. The second kappa shape index (κ2) is 7.75. The molecule has 0 saturated heterocycles. The molecule has 3 aromatic rings. The van der Waals surface area contributed by atoms with Gasteiger partial charge in [-0.1, -0.05) is 18.2 Å². The number of aromatic nitrogens is 2. The van der Waals surface area contributed by atoms with Gasteiger partial charge in [-0.05, 0) is 55.5 Å². The molecular weight excluding hydrogens is 400 g/mol. The Morgan fingerprint density at radius 2 is 1.77 bits per heavy atom. The van der Waals surface area contributed by atoms with Gasteiger partial charge in [-0.2, -0.15) is 0 Å². The highest BCUT2D eigenvalue weighted by Gasteiger charge is 2.29. The summed E-state index contributed by atoms with van der Waals surface area (Å²) in [7, 11) is 0. The number of carbonyl (C=O) groups excluding carboxylic acids is 2. The van der Waals surface area contributed by atoms with Crippen molar-refractivity contribution in [3.63, 3.8) is 0 Å². The fraction of sp³-hybridized carbons (Fsp3) is 0.0435. The first-order valence-corrected chi connectivity index (χ1v) is 9.26. The van der Waals surface area contributed by atoms with E-state index in [-0.39, 0.29) is 22.4 Å². The number of nitrogens with zero attached hydrogens (tertiary/aromatic N) is 1. The molecule has 1 aliphatic heterocycles. The number of ether oxygens (including phenoxy) is 1. The highest BCUT2D eigenvalue weighted by molar-refractivity contribution is 6.27. The summed E-state index contributed by atoms with van der Waals surface area (Å²) >= 11 is 0. The molecule has 0 amide bonds. The molecule has 0 unspecified atom stereocenters. The number of aryl methyl sites for hydroxylation is 1. The molecular formula is C23H16N2O6. The molecule has 0 saturated carbocycles. The summed E-state index contributed by atoms with van der Waals surface area (Å²) in [5, 5.41) is 11.9. The molecule has 0 atom stereocenters. The monoisotopic (exact) mass is 416 g/mol. The van der Waals surface area contributed by atoms with E-state index in [1.807, 2.05) is 0 Å². The maximum atomic E-state index is 12.8. The van der Waals surface area contributed by atoms with Gasteiger partial charge in [0.2, 0.25) is 5.78 Å². The van der Waals surface area contributed by atoms with Gasteiger partial charge in [0.1, 0.15) is 11.3 Å². The number of para-hydroxylation sites is 1. The van der Waals surface area contributed by atoms with E-state index in [4.69, 9.17) is 9.84 Å². The van der Waals surface area contributed by atoms with Crippen LogP contribution in [0.2, 0.25) is 0 Å². The maximum Gasteiger partial charge on any atom is 0.347 e. The number of ketones is 1. The number of benzene rings is 2. The van der Waals surface area contributed by atoms with Gasteiger partial charge in [0.15, 0.2) is 0 Å². The van der Waals surface area contributed by atoms with E-state index in [9.17, 15) is 19.2 Å². The Kier molecular flexibility index (Phi) is 4.96. The summed E-state index contributed by atoms with van der Waals surface area (Å²) in [5.41, 5.74) is 1.27. The number of rotatable bonds is 4. The zero-order valence-corrected chi connectivity index (χ0v) is 16.3. The molecule has 0 spiro atoms. The lowest BCUT2D eigenvalue weighted by atomic mass is 9.99. The quantitative estimate of drug-likeness (QED) is 0.292. The zero-order valence-electron chi connectivity index (χ0n) is 16.3. The highest BCUT2D eigenvalue weighted by Crippen LogP contribution is 2.27. The van der Waals surface area contributed by atoms with Crippen molar-refractivity contribution in [2.75, 3.05) is 0 Å². The van der Waals surface area contributed by atoms with Gasteiger partial charge < -0.3 is 9.84 Å². The SMILES string of the molecule is Cc1[nH]n(-c2ccc(C(=O)O)cc2)c(=O)c1C=C/C=C1\C(=O)Oc2ccccc2C1=O. The van der Waals surface area contributed by atoms with Gasteiger partial charge in [0.25, 0.3) is 5.56 Å². The first-order chi connectivity index (χ1) is 14.9. The number of carboxylic acid groups (broad SMARTS) is 1. The Labute approximate surface area is 175 Å². The van der Waals surface area contributed by atoms with Crippen LogP contribution in [0.15, 0.2) is 71.1 Å². The Morgan fingerprint density at radius 1 is 1.06 bits per heavy atom. The molecule has 2 heterocycles. The number of carbonyl (C=O) groups is 3. The van der Waals surface area contributed by atoms with Gasteiger partial charge in [-0.25, -0.2) is 14.3 Å². The predicted octanol–water partition coefficient (Wildman–Crippen LogP) is 2.91. The van der Waals surface area contributed by atoms with Crippen LogP contribution in [0.4, 0.5) is 0 Å². The number of hydrogen-bond acceptors (Lipinski definition) is 5. The molecule has 8 nitrogen and oxygen atoms in total. The number of allylic oxidation sites excluding steroid dienone is 2. The largest absolute Gasteiger partial charge is 0.478 e. The van der Waals surface area contributed by atoms with Gasteiger partial charge in [0, 0.05) is 5.69 Å². The Balaban J connectivity index is 1.63. The van der Waals surface area contributed by atoms with E-state index in [0.29, 0.717) is 22.5 Å². The van der Waals surface area contributed by atoms with Gasteiger partial charge >= 0.3 is 11.9 Å². The van der Waals surface area contributed by atoms with E-state index in [1.54, 1.807) is 31.2 Å². The summed E-state index contributed by atoms with van der Waals surface area (Å²) in [6, 6.07) is 12.3. The lowest BCUT2D eigenvalue weighted by Gasteiger charge is -2.15. The topological polar surface area (TPSA) is 118 Å². The fourth-order valence-electron chi connectivity index (χ4n) is 3.21. The molecule has 0 aliphatic carbocycles. The second-order valence-electron chi connectivity index (χ2n) is 6.80. The average Bonchev–Trinajstić information content (AvgIpc) is 3.04. The van der Waals surface area contributed by atoms with Crippen LogP contribution in [-0.2, 0) is 4.79 Å². The van der Waals surface area contributed by atoms with Gasteiger partial charge in [0.05, 0.1) is 22.4 Å². The van der Waals surface area contributed by atoms with Crippen molar-refractivity contribution >= 4 is 23.8 Å². The van der Waals surface area contributed by atoms with Crippen LogP contribution in [-0.4, -0.2) is 32.6 Å². The van der Waals surface area contributed by atoms with Crippen molar-refractivity contribution in [2.45, 2.75) is 6.92 Å². The van der Waals surface area contributed by atoms with E-state index < -0.39 is 17.7 Å². The number of nitrogens with one attached hydrogen (secondary N) is 1. The number of aromatic carboxylic acids is 1. The molecule has 31 heavy (non-hydrogen) atoms. The van der Waals surface area contributed by atoms with E-state index in [0.717, 1.165) is 0 Å². The fourth-order valence-corrected chi connectivity index (χ4v) is 3.21. The maximum absolute atomic E-state index is 12.8. The molecule has 4 rings (SSSR count). The van der Waals surface area contributed by atoms with Crippen LogP contribution >= 0.6 is 0 Å². The third-order valence-corrected chi connectivity index (χ3v) is 4.81. The van der Waals surface area contributed by atoms with Crippen molar-refractivity contribution < 1.29 is 24.2 Å². The van der Waals surface area contributed by atoms with Gasteiger partial charge in [-0.3, -0.25) is 14.7 Å². The van der Waals surface area contributed by atoms with Crippen molar-refractivity contribution in [3.05, 3.63) is 99.0 Å². The average molecular weight is 416 g/mol. The number of H-pyrrole nitrogens is 1. The predicted molar refractivity (Wildman–Crippen MR) is 112 cm³/mol.